The van der Waals surface area contributed by atoms with Crippen LogP contribution in [0, 0.1) is 0 Å². The maximum atomic E-state index is 5.75. The summed E-state index contributed by atoms with van der Waals surface area (Å²) in [6, 6.07) is 11.0. The summed E-state index contributed by atoms with van der Waals surface area (Å²) in [5.74, 6) is 2.62. The first-order chi connectivity index (χ1) is 11.2. The van der Waals surface area contributed by atoms with E-state index in [-0.39, 0.29) is 6.04 Å². The first-order valence-corrected chi connectivity index (χ1v) is 7.88. The fourth-order valence-electron chi connectivity index (χ4n) is 4.18. The van der Waals surface area contributed by atoms with E-state index in [1.54, 1.807) is 21.3 Å². The number of hydrogen-bond donors (Lipinski definition) is 0. The second kappa shape index (κ2) is 5.08. The van der Waals surface area contributed by atoms with E-state index < -0.39 is 0 Å². The summed E-state index contributed by atoms with van der Waals surface area (Å²) in [6.07, 6.45) is 0. The summed E-state index contributed by atoms with van der Waals surface area (Å²) in [5, 5.41) is 0. The molecule has 0 N–H and O–H groups in total. The number of ether oxygens (including phenoxy) is 3. The Hall–Kier alpha value is -2.36. The van der Waals surface area contributed by atoms with Crippen LogP contribution in [-0.4, -0.2) is 21.3 Å². The fraction of sp³-hybridized carbons (Fsp3) is 0.368. The molecule has 0 bridgehead atoms. The van der Waals surface area contributed by atoms with Gasteiger partial charge in [-0.05, 0) is 23.3 Å². The van der Waals surface area contributed by atoms with E-state index in [0.29, 0.717) is 11.7 Å². The van der Waals surface area contributed by atoms with Crippen molar-refractivity contribution in [3.05, 3.63) is 47.0 Å². The maximum absolute atomic E-state index is 5.75. The van der Waals surface area contributed by atoms with E-state index >= 15 is 0 Å². The van der Waals surface area contributed by atoms with Crippen LogP contribution in [-0.2, 0) is 6.54 Å². The van der Waals surface area contributed by atoms with Gasteiger partial charge in [0.1, 0.15) is 0 Å². The predicted molar refractivity (Wildman–Crippen MR) is 89.9 cm³/mol. The first kappa shape index (κ1) is 14.2. The molecule has 2 aromatic rings. The van der Waals surface area contributed by atoms with Crippen LogP contribution in [0.1, 0.15) is 35.6 Å². The van der Waals surface area contributed by atoms with Gasteiger partial charge in [-0.3, -0.25) is 0 Å². The van der Waals surface area contributed by atoms with E-state index in [1.807, 2.05) is 0 Å². The van der Waals surface area contributed by atoms with Gasteiger partial charge in [0, 0.05) is 23.7 Å². The van der Waals surface area contributed by atoms with Crippen LogP contribution in [0.4, 0.5) is 5.69 Å². The Balaban J connectivity index is 1.92. The van der Waals surface area contributed by atoms with Gasteiger partial charge in [-0.1, -0.05) is 25.1 Å². The zero-order valence-electron chi connectivity index (χ0n) is 13.9. The van der Waals surface area contributed by atoms with Crippen molar-refractivity contribution in [1.82, 2.24) is 0 Å². The van der Waals surface area contributed by atoms with Gasteiger partial charge in [-0.15, -0.1) is 0 Å². The molecule has 2 atom stereocenters. The lowest BCUT2D eigenvalue weighted by atomic mass is 9.90. The van der Waals surface area contributed by atoms with Gasteiger partial charge in [-0.25, -0.2) is 0 Å². The molecule has 0 saturated carbocycles. The molecule has 0 aromatic heterocycles. The van der Waals surface area contributed by atoms with Crippen molar-refractivity contribution in [3.8, 4) is 17.2 Å². The third-order valence-electron chi connectivity index (χ3n) is 5.14. The Morgan fingerprint density at radius 3 is 2.43 bits per heavy atom. The van der Waals surface area contributed by atoms with Crippen molar-refractivity contribution < 1.29 is 14.2 Å². The van der Waals surface area contributed by atoms with Crippen molar-refractivity contribution >= 4 is 5.69 Å². The van der Waals surface area contributed by atoms with Gasteiger partial charge in [0.2, 0.25) is 5.75 Å². The molecule has 2 aromatic carbocycles. The summed E-state index contributed by atoms with van der Waals surface area (Å²) in [4.78, 5) is 2.46. The second-order valence-electron chi connectivity index (χ2n) is 6.14. The van der Waals surface area contributed by atoms with Gasteiger partial charge >= 0.3 is 0 Å². The van der Waals surface area contributed by atoms with Crippen molar-refractivity contribution in [1.29, 1.82) is 0 Å². The van der Waals surface area contributed by atoms with Gasteiger partial charge in [0.25, 0.3) is 0 Å². The minimum Gasteiger partial charge on any atom is -0.493 e. The third kappa shape index (κ3) is 1.78. The van der Waals surface area contributed by atoms with Crippen LogP contribution in [0.5, 0.6) is 17.2 Å². The van der Waals surface area contributed by atoms with Gasteiger partial charge < -0.3 is 19.1 Å². The topological polar surface area (TPSA) is 30.9 Å². The molecule has 0 spiro atoms. The standard InChI is InChI=1S/C19H21NO3/c1-11-13-7-5-6-8-14(13)20-10-12-9-15(21-2)18(22-3)19(23-4)16(12)17(11)20/h5-9,11,17H,10H2,1-4H3/t11?,17-/m1/s1. The molecule has 2 heterocycles. The molecule has 0 saturated heterocycles. The molecule has 0 aliphatic carbocycles. The average molecular weight is 311 g/mol. The van der Waals surface area contributed by atoms with Crippen molar-refractivity contribution in [3.63, 3.8) is 0 Å². The highest BCUT2D eigenvalue weighted by atomic mass is 16.5. The Kier molecular flexibility index (Phi) is 3.15. The van der Waals surface area contributed by atoms with Gasteiger partial charge in [-0.2, -0.15) is 0 Å². The van der Waals surface area contributed by atoms with E-state index in [2.05, 4.69) is 42.2 Å². The Bertz CT molecular complexity index is 771. The Labute approximate surface area is 136 Å². The van der Waals surface area contributed by atoms with Crippen molar-refractivity contribution in [2.24, 2.45) is 0 Å². The largest absolute Gasteiger partial charge is 0.493 e. The number of fused-ring (bicyclic) bond motifs is 5. The molecule has 120 valence electrons. The van der Waals surface area contributed by atoms with Crippen molar-refractivity contribution in [2.75, 3.05) is 26.2 Å². The summed E-state index contributed by atoms with van der Waals surface area (Å²) in [6.45, 7) is 3.16. The molecule has 0 amide bonds. The molecular formula is C19H21NO3. The molecule has 4 heteroatoms. The number of hydrogen-bond acceptors (Lipinski definition) is 4. The van der Waals surface area contributed by atoms with Crippen LogP contribution in [0.15, 0.2) is 30.3 Å². The van der Waals surface area contributed by atoms with Crippen LogP contribution in [0.25, 0.3) is 0 Å². The summed E-state index contributed by atoms with van der Waals surface area (Å²) in [7, 11) is 5.02. The van der Waals surface area contributed by atoms with Crippen LogP contribution < -0.4 is 19.1 Å². The minimum atomic E-state index is 0.289. The lowest BCUT2D eigenvalue weighted by molar-refractivity contribution is 0.321. The summed E-state index contributed by atoms with van der Waals surface area (Å²) < 4.78 is 16.8. The average Bonchev–Trinajstić information content (AvgIpc) is 3.09. The molecular weight excluding hydrogens is 290 g/mol. The normalized spacial score (nSPS) is 20.8. The third-order valence-corrected chi connectivity index (χ3v) is 5.14. The van der Waals surface area contributed by atoms with Crippen molar-refractivity contribution in [2.45, 2.75) is 25.4 Å². The summed E-state index contributed by atoms with van der Waals surface area (Å²) in [5.41, 5.74) is 5.21. The predicted octanol–water partition coefficient (Wildman–Crippen LogP) is 3.89. The van der Waals surface area contributed by atoms with Crippen LogP contribution in [0.2, 0.25) is 0 Å². The molecule has 1 unspecified atom stereocenters. The van der Waals surface area contributed by atoms with Crippen LogP contribution >= 0.6 is 0 Å². The zero-order chi connectivity index (χ0) is 16.1. The fourth-order valence-corrected chi connectivity index (χ4v) is 4.18. The highest BCUT2D eigenvalue weighted by Gasteiger charge is 2.45. The lowest BCUT2D eigenvalue weighted by Crippen LogP contribution is -2.18. The number of rotatable bonds is 3. The number of benzene rings is 2. The van der Waals surface area contributed by atoms with E-state index in [1.165, 1.54) is 22.4 Å². The smallest absolute Gasteiger partial charge is 0.203 e. The molecule has 0 radical (unpaired) electrons. The monoisotopic (exact) mass is 311 g/mol. The Morgan fingerprint density at radius 2 is 1.74 bits per heavy atom. The Morgan fingerprint density at radius 1 is 1.00 bits per heavy atom. The molecule has 0 fully saturated rings. The maximum Gasteiger partial charge on any atom is 0.203 e. The van der Waals surface area contributed by atoms with Gasteiger partial charge in [0.15, 0.2) is 11.5 Å². The quantitative estimate of drug-likeness (QED) is 0.860. The number of nitrogens with zero attached hydrogens (tertiary/aromatic N) is 1. The van der Waals surface area contributed by atoms with E-state index in [0.717, 1.165) is 18.0 Å². The number of anilines is 1. The molecule has 23 heavy (non-hydrogen) atoms. The molecule has 4 rings (SSSR count). The highest BCUT2D eigenvalue weighted by molar-refractivity contribution is 5.71. The van der Waals surface area contributed by atoms with E-state index in [9.17, 15) is 0 Å². The molecule has 4 nitrogen and oxygen atoms in total. The zero-order valence-corrected chi connectivity index (χ0v) is 13.9. The second-order valence-corrected chi connectivity index (χ2v) is 6.14. The minimum absolute atomic E-state index is 0.289. The van der Waals surface area contributed by atoms with Gasteiger partial charge in [0.05, 0.1) is 27.4 Å². The SMILES string of the molecule is COc1cc2c(c(OC)c1OC)[C@H]1C(C)c3ccccc3N1C2. The highest BCUT2D eigenvalue weighted by Crippen LogP contribution is 2.58. The number of para-hydroxylation sites is 1. The molecule has 2 aliphatic rings. The van der Waals surface area contributed by atoms with Crippen LogP contribution in [0.3, 0.4) is 0 Å². The molecule has 2 aliphatic heterocycles. The first-order valence-electron chi connectivity index (χ1n) is 7.88. The lowest BCUT2D eigenvalue weighted by Gasteiger charge is -2.23. The number of methoxy groups -OCH3 is 3. The van der Waals surface area contributed by atoms with E-state index in [4.69, 9.17) is 14.2 Å². The summed E-state index contributed by atoms with van der Waals surface area (Å²) >= 11 is 0.